The third kappa shape index (κ3) is 3.05. The molecule has 5 nitrogen and oxygen atoms in total. The number of nitrogens with two attached hydrogens (primary N) is 1. The first-order valence-corrected chi connectivity index (χ1v) is 5.89. The first-order chi connectivity index (χ1) is 8.70. The third-order valence-electron chi connectivity index (χ3n) is 2.85. The van der Waals surface area contributed by atoms with Gasteiger partial charge in [-0.1, -0.05) is 0 Å². The molecule has 0 aromatic carbocycles. The molecule has 1 saturated heterocycles. The number of halogens is 2. The smallest absolute Gasteiger partial charge is 0.178 e. The van der Waals surface area contributed by atoms with Gasteiger partial charge in [0.1, 0.15) is 0 Å². The van der Waals surface area contributed by atoms with Gasteiger partial charge in [-0.05, 0) is 19.3 Å². The predicted octanol–water partition coefficient (Wildman–Crippen LogP) is 1.63. The molecule has 0 radical (unpaired) electrons. The molecule has 1 aromatic rings. The summed E-state index contributed by atoms with van der Waals surface area (Å²) < 4.78 is 31.9. The van der Waals surface area contributed by atoms with E-state index in [9.17, 15) is 8.78 Å². The third-order valence-corrected chi connectivity index (χ3v) is 2.85. The van der Waals surface area contributed by atoms with Crippen molar-refractivity contribution in [1.82, 2.24) is 4.98 Å². The molecule has 1 atom stereocenters. The van der Waals surface area contributed by atoms with Gasteiger partial charge >= 0.3 is 0 Å². The molecule has 7 heteroatoms. The van der Waals surface area contributed by atoms with E-state index in [4.69, 9.17) is 10.6 Å². The lowest BCUT2D eigenvalue weighted by molar-refractivity contribution is 0.107. The summed E-state index contributed by atoms with van der Waals surface area (Å²) in [6.45, 7) is 1.30. The van der Waals surface area contributed by atoms with Crippen molar-refractivity contribution in [3.05, 3.63) is 17.7 Å². The highest BCUT2D eigenvalue weighted by Crippen LogP contribution is 2.19. The fourth-order valence-corrected chi connectivity index (χ4v) is 1.92. The lowest BCUT2D eigenvalue weighted by atomic mass is 10.2. The summed E-state index contributed by atoms with van der Waals surface area (Å²) in [5.74, 6) is 3.32. The molecule has 1 aliphatic rings. The van der Waals surface area contributed by atoms with Gasteiger partial charge in [0.25, 0.3) is 0 Å². The molecule has 1 unspecified atom stereocenters. The van der Waals surface area contributed by atoms with Crippen molar-refractivity contribution in [3.8, 4) is 0 Å². The van der Waals surface area contributed by atoms with E-state index in [-0.39, 0.29) is 17.7 Å². The largest absolute Gasteiger partial charge is 0.378 e. The number of hydrazine groups is 1. The zero-order valence-electron chi connectivity index (χ0n) is 9.88. The standard InChI is InChI=1S/C11H16F2N4O/c12-8-6-9(13)11(17-14)16-10(8)15-4-3-7-2-1-5-18-7/h6-7H,1-5,14H2,(H2,15,16,17). The zero-order chi connectivity index (χ0) is 13.0. The average molecular weight is 258 g/mol. The quantitative estimate of drug-likeness (QED) is 0.553. The van der Waals surface area contributed by atoms with Crippen LogP contribution in [0.5, 0.6) is 0 Å². The van der Waals surface area contributed by atoms with E-state index < -0.39 is 11.6 Å². The predicted molar refractivity (Wildman–Crippen MR) is 64.0 cm³/mol. The molecular weight excluding hydrogens is 242 g/mol. The number of ether oxygens (including phenoxy) is 1. The Morgan fingerprint density at radius 3 is 2.83 bits per heavy atom. The molecule has 18 heavy (non-hydrogen) atoms. The SMILES string of the molecule is NNc1nc(NCCC2CCCO2)c(F)cc1F. The Kier molecular flexibility index (Phi) is 4.27. The van der Waals surface area contributed by atoms with Crippen LogP contribution in [0.4, 0.5) is 20.4 Å². The Labute approximate surface area is 104 Å². The second kappa shape index (κ2) is 5.92. The lowest BCUT2D eigenvalue weighted by Crippen LogP contribution is -2.16. The van der Waals surface area contributed by atoms with Crippen LogP contribution in [-0.4, -0.2) is 24.2 Å². The molecule has 0 amide bonds. The molecule has 2 rings (SSSR count). The van der Waals surface area contributed by atoms with Crippen molar-refractivity contribution in [3.63, 3.8) is 0 Å². The Morgan fingerprint density at radius 1 is 1.39 bits per heavy atom. The minimum absolute atomic E-state index is 0.0117. The van der Waals surface area contributed by atoms with Crippen LogP contribution in [0.2, 0.25) is 0 Å². The van der Waals surface area contributed by atoms with Crippen molar-refractivity contribution < 1.29 is 13.5 Å². The minimum atomic E-state index is -0.820. The van der Waals surface area contributed by atoms with E-state index in [1.54, 1.807) is 0 Å². The second-order valence-corrected chi connectivity index (χ2v) is 4.14. The first kappa shape index (κ1) is 13.0. The van der Waals surface area contributed by atoms with Gasteiger partial charge in [-0.25, -0.2) is 19.6 Å². The fourth-order valence-electron chi connectivity index (χ4n) is 1.92. The number of hydrogen-bond donors (Lipinski definition) is 3. The molecule has 1 fully saturated rings. The van der Waals surface area contributed by atoms with Gasteiger partial charge in [-0.15, -0.1) is 0 Å². The van der Waals surface area contributed by atoms with Crippen LogP contribution in [0.1, 0.15) is 19.3 Å². The van der Waals surface area contributed by atoms with Crippen LogP contribution in [0, 0.1) is 11.6 Å². The zero-order valence-corrected chi connectivity index (χ0v) is 9.88. The number of nitrogens with zero attached hydrogens (tertiary/aromatic N) is 1. The van der Waals surface area contributed by atoms with E-state index in [1.807, 2.05) is 0 Å². The maximum atomic E-state index is 13.4. The molecule has 0 spiro atoms. The molecule has 100 valence electrons. The number of anilines is 2. The topological polar surface area (TPSA) is 72.2 Å². The highest BCUT2D eigenvalue weighted by atomic mass is 19.1. The number of pyridine rings is 1. The summed E-state index contributed by atoms with van der Waals surface area (Å²) >= 11 is 0. The minimum Gasteiger partial charge on any atom is -0.378 e. The van der Waals surface area contributed by atoms with Crippen molar-refractivity contribution in [2.75, 3.05) is 23.9 Å². The Balaban J connectivity index is 1.91. The molecule has 0 saturated carbocycles. The van der Waals surface area contributed by atoms with Crippen LogP contribution in [0.25, 0.3) is 0 Å². The summed E-state index contributed by atoms with van der Waals surface area (Å²) in [5, 5.41) is 2.81. The van der Waals surface area contributed by atoms with Crippen LogP contribution < -0.4 is 16.6 Å². The number of hydrogen-bond acceptors (Lipinski definition) is 5. The van der Waals surface area contributed by atoms with Crippen molar-refractivity contribution >= 4 is 11.6 Å². The Hall–Kier alpha value is -1.47. The van der Waals surface area contributed by atoms with Gasteiger partial charge < -0.3 is 15.5 Å². The van der Waals surface area contributed by atoms with E-state index in [2.05, 4.69) is 15.7 Å². The number of nitrogens with one attached hydrogen (secondary N) is 2. The summed E-state index contributed by atoms with van der Waals surface area (Å²) in [7, 11) is 0. The lowest BCUT2D eigenvalue weighted by Gasteiger charge is -2.12. The van der Waals surface area contributed by atoms with Crippen LogP contribution >= 0.6 is 0 Å². The summed E-state index contributed by atoms with van der Waals surface area (Å²) in [6.07, 6.45) is 3.07. The normalized spacial score (nSPS) is 18.9. The van der Waals surface area contributed by atoms with Crippen LogP contribution in [0.15, 0.2) is 6.07 Å². The molecule has 0 bridgehead atoms. The van der Waals surface area contributed by atoms with E-state index in [1.165, 1.54) is 0 Å². The van der Waals surface area contributed by atoms with Crippen LogP contribution in [-0.2, 0) is 4.74 Å². The summed E-state index contributed by atoms with van der Waals surface area (Å²) in [4.78, 5) is 3.72. The monoisotopic (exact) mass is 258 g/mol. The fraction of sp³-hybridized carbons (Fsp3) is 0.545. The molecule has 0 aliphatic carbocycles. The van der Waals surface area contributed by atoms with E-state index >= 15 is 0 Å². The van der Waals surface area contributed by atoms with Gasteiger partial charge in [0.2, 0.25) is 0 Å². The maximum absolute atomic E-state index is 13.4. The van der Waals surface area contributed by atoms with Gasteiger partial charge in [-0.3, -0.25) is 0 Å². The van der Waals surface area contributed by atoms with Gasteiger partial charge in [0, 0.05) is 19.2 Å². The van der Waals surface area contributed by atoms with Crippen molar-refractivity contribution in [1.29, 1.82) is 0 Å². The average Bonchev–Trinajstić information content (AvgIpc) is 2.85. The summed E-state index contributed by atoms with van der Waals surface area (Å²) in [6, 6.07) is 0.747. The van der Waals surface area contributed by atoms with E-state index in [0.29, 0.717) is 6.54 Å². The van der Waals surface area contributed by atoms with Crippen LogP contribution in [0.3, 0.4) is 0 Å². The first-order valence-electron chi connectivity index (χ1n) is 5.89. The van der Waals surface area contributed by atoms with Gasteiger partial charge in [0.15, 0.2) is 23.3 Å². The maximum Gasteiger partial charge on any atom is 0.178 e. The van der Waals surface area contributed by atoms with Gasteiger partial charge in [0.05, 0.1) is 6.10 Å². The highest BCUT2D eigenvalue weighted by Gasteiger charge is 2.16. The number of aromatic nitrogens is 1. The van der Waals surface area contributed by atoms with Gasteiger partial charge in [-0.2, -0.15) is 0 Å². The summed E-state index contributed by atoms with van der Waals surface area (Å²) in [5.41, 5.74) is 2.08. The van der Waals surface area contributed by atoms with E-state index in [0.717, 1.165) is 31.9 Å². The Bertz CT molecular complexity index is 410. The molecule has 1 aliphatic heterocycles. The number of nitrogen functional groups attached to an aromatic ring is 1. The Morgan fingerprint density at radius 2 is 2.17 bits per heavy atom. The van der Waals surface area contributed by atoms with Crippen molar-refractivity contribution in [2.24, 2.45) is 5.84 Å². The number of rotatable bonds is 5. The molecule has 1 aromatic heterocycles. The molecule has 2 heterocycles. The van der Waals surface area contributed by atoms with Crippen molar-refractivity contribution in [2.45, 2.75) is 25.4 Å². The highest BCUT2D eigenvalue weighted by molar-refractivity contribution is 5.46. The molecular formula is C11H16F2N4O. The second-order valence-electron chi connectivity index (χ2n) is 4.14. The molecule has 4 N–H and O–H groups in total.